The fourth-order valence-electron chi connectivity index (χ4n) is 2.07. The van der Waals surface area contributed by atoms with Gasteiger partial charge in [0.15, 0.2) is 0 Å². The molecular weight excluding hydrogens is 394 g/mol. The Morgan fingerprint density at radius 2 is 2.08 bits per heavy atom. The number of aromatic nitrogens is 1. The third kappa shape index (κ3) is 5.32. The Hall–Kier alpha value is -1.92. The zero-order valence-electron chi connectivity index (χ0n) is 13.1. The Morgan fingerprint density at radius 1 is 1.29 bits per heavy atom. The van der Waals surface area contributed by atoms with Gasteiger partial charge in [-0.3, -0.25) is 9.59 Å². The Morgan fingerprint density at radius 3 is 2.83 bits per heavy atom. The number of carbonyl (C=O) groups is 2. The largest absolute Gasteiger partial charge is 0.348 e. The number of carbonyl (C=O) groups excluding carboxylic acids is 2. The molecule has 7 heteroatoms. The van der Waals surface area contributed by atoms with E-state index in [-0.39, 0.29) is 17.0 Å². The van der Waals surface area contributed by atoms with Crippen LogP contribution in [0.15, 0.2) is 41.0 Å². The van der Waals surface area contributed by atoms with E-state index in [1.54, 1.807) is 6.07 Å². The standard InChI is InChI=1S/C17H17BrClN3O2/c1-2-4-15(23)22-13-6-3-5-11(7-13)9-21-17(24)14-8-12(18)10-20-16(14)19/h3,5-8,10H,2,4,9H2,1H3,(H,21,24)(H,22,23). The average Bonchev–Trinajstić information content (AvgIpc) is 2.55. The minimum atomic E-state index is -0.311. The fraction of sp³-hybridized carbons (Fsp3) is 0.235. The molecular formula is C17H17BrClN3O2. The molecule has 0 aliphatic rings. The lowest BCUT2D eigenvalue weighted by Crippen LogP contribution is -2.23. The van der Waals surface area contributed by atoms with Crippen LogP contribution in [0.3, 0.4) is 0 Å². The molecule has 1 aromatic carbocycles. The Bertz CT molecular complexity index is 752. The highest BCUT2D eigenvalue weighted by molar-refractivity contribution is 9.10. The lowest BCUT2D eigenvalue weighted by Gasteiger charge is -2.09. The van der Waals surface area contributed by atoms with Crippen molar-refractivity contribution in [3.63, 3.8) is 0 Å². The SMILES string of the molecule is CCCC(=O)Nc1cccc(CNC(=O)c2cc(Br)cnc2Cl)c1. The van der Waals surface area contributed by atoms with Crippen molar-refractivity contribution >= 4 is 45.0 Å². The van der Waals surface area contributed by atoms with Crippen LogP contribution in [-0.2, 0) is 11.3 Å². The van der Waals surface area contributed by atoms with E-state index in [9.17, 15) is 9.59 Å². The number of rotatable bonds is 6. The molecule has 0 unspecified atom stereocenters. The number of nitrogens with one attached hydrogen (secondary N) is 2. The van der Waals surface area contributed by atoms with E-state index in [1.165, 1.54) is 6.20 Å². The number of benzene rings is 1. The van der Waals surface area contributed by atoms with Crippen LogP contribution in [-0.4, -0.2) is 16.8 Å². The second-order valence-electron chi connectivity index (χ2n) is 5.17. The van der Waals surface area contributed by atoms with Gasteiger partial charge in [0.25, 0.3) is 5.91 Å². The van der Waals surface area contributed by atoms with Gasteiger partial charge in [0.1, 0.15) is 5.15 Å². The number of amides is 2. The molecule has 0 atom stereocenters. The van der Waals surface area contributed by atoms with Crippen LogP contribution in [0.4, 0.5) is 5.69 Å². The maximum absolute atomic E-state index is 12.2. The van der Waals surface area contributed by atoms with E-state index in [0.717, 1.165) is 12.0 Å². The highest BCUT2D eigenvalue weighted by atomic mass is 79.9. The van der Waals surface area contributed by atoms with Crippen molar-refractivity contribution in [1.29, 1.82) is 0 Å². The highest BCUT2D eigenvalue weighted by Crippen LogP contribution is 2.18. The molecule has 2 rings (SSSR count). The molecule has 0 aliphatic heterocycles. The van der Waals surface area contributed by atoms with E-state index < -0.39 is 0 Å². The van der Waals surface area contributed by atoms with Gasteiger partial charge in [0, 0.05) is 29.3 Å². The van der Waals surface area contributed by atoms with E-state index in [0.29, 0.717) is 28.7 Å². The van der Waals surface area contributed by atoms with Gasteiger partial charge in [0.05, 0.1) is 5.56 Å². The molecule has 0 saturated heterocycles. The summed E-state index contributed by atoms with van der Waals surface area (Å²) in [5.41, 5.74) is 1.89. The smallest absolute Gasteiger partial charge is 0.254 e. The topological polar surface area (TPSA) is 71.1 Å². The monoisotopic (exact) mass is 409 g/mol. The van der Waals surface area contributed by atoms with Crippen molar-refractivity contribution in [2.24, 2.45) is 0 Å². The second kappa shape index (κ2) is 8.80. The summed E-state index contributed by atoms with van der Waals surface area (Å²) in [5.74, 6) is -0.333. The Balaban J connectivity index is 2.00. The molecule has 1 heterocycles. The van der Waals surface area contributed by atoms with E-state index in [4.69, 9.17) is 11.6 Å². The predicted octanol–water partition coefficient (Wildman–Crippen LogP) is 4.17. The predicted molar refractivity (Wildman–Crippen MR) is 98.1 cm³/mol. The first-order valence-corrected chi connectivity index (χ1v) is 8.64. The van der Waals surface area contributed by atoms with Crippen molar-refractivity contribution < 1.29 is 9.59 Å². The summed E-state index contributed by atoms with van der Waals surface area (Å²) in [6.07, 6.45) is 2.81. The summed E-state index contributed by atoms with van der Waals surface area (Å²) in [7, 11) is 0. The van der Waals surface area contributed by atoms with Gasteiger partial charge in [-0.2, -0.15) is 0 Å². The number of anilines is 1. The van der Waals surface area contributed by atoms with Gasteiger partial charge in [0.2, 0.25) is 5.91 Å². The van der Waals surface area contributed by atoms with Crippen LogP contribution in [0.5, 0.6) is 0 Å². The normalized spacial score (nSPS) is 10.3. The first-order chi connectivity index (χ1) is 11.5. The van der Waals surface area contributed by atoms with Gasteiger partial charge in [-0.15, -0.1) is 0 Å². The van der Waals surface area contributed by atoms with Gasteiger partial charge in [-0.25, -0.2) is 4.98 Å². The molecule has 0 bridgehead atoms. The van der Waals surface area contributed by atoms with Crippen LogP contribution >= 0.6 is 27.5 Å². The van der Waals surface area contributed by atoms with Crippen LogP contribution in [0.1, 0.15) is 35.7 Å². The van der Waals surface area contributed by atoms with Crippen LogP contribution in [0.25, 0.3) is 0 Å². The fourth-order valence-corrected chi connectivity index (χ4v) is 2.59. The van der Waals surface area contributed by atoms with Crippen molar-refractivity contribution in [1.82, 2.24) is 10.3 Å². The lowest BCUT2D eigenvalue weighted by molar-refractivity contribution is -0.116. The van der Waals surface area contributed by atoms with Crippen molar-refractivity contribution in [2.75, 3.05) is 5.32 Å². The summed E-state index contributed by atoms with van der Waals surface area (Å²) >= 11 is 9.21. The lowest BCUT2D eigenvalue weighted by atomic mass is 10.2. The molecule has 0 fully saturated rings. The number of pyridine rings is 1. The molecule has 5 nitrogen and oxygen atoms in total. The van der Waals surface area contributed by atoms with Gasteiger partial charge in [-0.05, 0) is 46.1 Å². The molecule has 0 aliphatic carbocycles. The Labute approximate surface area is 153 Å². The van der Waals surface area contributed by atoms with E-state index in [2.05, 4.69) is 31.5 Å². The zero-order valence-corrected chi connectivity index (χ0v) is 15.4. The number of nitrogens with zero attached hydrogens (tertiary/aromatic N) is 1. The molecule has 1 aromatic heterocycles. The molecule has 0 spiro atoms. The molecule has 24 heavy (non-hydrogen) atoms. The van der Waals surface area contributed by atoms with Crippen molar-refractivity contribution in [3.8, 4) is 0 Å². The van der Waals surface area contributed by atoms with E-state index in [1.807, 2.05) is 31.2 Å². The molecule has 0 saturated carbocycles. The van der Waals surface area contributed by atoms with Crippen molar-refractivity contribution in [3.05, 3.63) is 57.3 Å². The average molecular weight is 411 g/mol. The summed E-state index contributed by atoms with van der Waals surface area (Å²) in [6.45, 7) is 2.27. The zero-order chi connectivity index (χ0) is 17.5. The van der Waals surface area contributed by atoms with Crippen molar-refractivity contribution in [2.45, 2.75) is 26.3 Å². The van der Waals surface area contributed by atoms with Crippen LogP contribution in [0.2, 0.25) is 5.15 Å². The van der Waals surface area contributed by atoms with Crippen LogP contribution in [0, 0.1) is 0 Å². The first-order valence-electron chi connectivity index (χ1n) is 7.47. The second-order valence-corrected chi connectivity index (χ2v) is 6.45. The summed E-state index contributed by atoms with van der Waals surface area (Å²) in [5, 5.41) is 5.77. The van der Waals surface area contributed by atoms with Gasteiger partial charge >= 0.3 is 0 Å². The first kappa shape index (κ1) is 18.4. The quantitative estimate of drug-likeness (QED) is 0.702. The van der Waals surface area contributed by atoms with E-state index >= 15 is 0 Å². The summed E-state index contributed by atoms with van der Waals surface area (Å²) in [6, 6.07) is 8.96. The minimum absolute atomic E-state index is 0.0225. The number of hydrogen-bond donors (Lipinski definition) is 2. The Kier molecular flexibility index (Phi) is 6.75. The molecule has 126 valence electrons. The third-order valence-corrected chi connectivity index (χ3v) is 3.93. The molecule has 0 radical (unpaired) electrons. The molecule has 2 N–H and O–H groups in total. The maximum atomic E-state index is 12.2. The summed E-state index contributed by atoms with van der Waals surface area (Å²) < 4.78 is 0.678. The van der Waals surface area contributed by atoms with Gasteiger partial charge < -0.3 is 10.6 Å². The maximum Gasteiger partial charge on any atom is 0.254 e. The summed E-state index contributed by atoms with van der Waals surface area (Å²) in [4.78, 5) is 27.8. The molecule has 2 amide bonds. The third-order valence-electron chi connectivity index (χ3n) is 3.19. The number of halogens is 2. The highest BCUT2D eigenvalue weighted by Gasteiger charge is 2.12. The van der Waals surface area contributed by atoms with Crippen LogP contribution < -0.4 is 10.6 Å². The number of hydrogen-bond acceptors (Lipinski definition) is 3. The minimum Gasteiger partial charge on any atom is -0.348 e. The van der Waals surface area contributed by atoms with Gasteiger partial charge in [-0.1, -0.05) is 30.7 Å². The molecule has 2 aromatic rings.